The summed E-state index contributed by atoms with van der Waals surface area (Å²) in [6.45, 7) is 4.05. The van der Waals surface area contributed by atoms with E-state index in [0.29, 0.717) is 5.56 Å². The molecule has 0 aliphatic rings. The smallest absolute Gasteiger partial charge is 0.249 e. The van der Waals surface area contributed by atoms with Gasteiger partial charge < -0.3 is 5.73 Å². The molecule has 0 saturated carbocycles. The Morgan fingerprint density at radius 2 is 1.94 bits per heavy atom. The largest absolute Gasteiger partial charge is 0.366 e. The number of carbonyl (C=O) groups excluding carboxylic acids is 1. The Labute approximate surface area is 101 Å². The van der Waals surface area contributed by atoms with E-state index in [0.717, 1.165) is 22.3 Å². The van der Waals surface area contributed by atoms with Gasteiger partial charge >= 0.3 is 0 Å². The average Bonchev–Trinajstić information content (AvgIpc) is 2.32. The molecule has 0 unspecified atom stereocenters. The van der Waals surface area contributed by atoms with E-state index in [4.69, 9.17) is 5.73 Å². The Balaban J connectivity index is 2.68. The molecular weight excluding hydrogens is 210 g/mol. The predicted molar refractivity (Wildman–Crippen MR) is 68.7 cm³/mol. The summed E-state index contributed by atoms with van der Waals surface area (Å²) in [6.07, 6.45) is 0. The van der Waals surface area contributed by atoms with Crippen LogP contribution in [0.5, 0.6) is 0 Å². The highest BCUT2D eigenvalue weighted by molar-refractivity contribution is 6.00. The minimum Gasteiger partial charge on any atom is -0.366 e. The summed E-state index contributed by atoms with van der Waals surface area (Å²) in [7, 11) is 0. The van der Waals surface area contributed by atoms with Gasteiger partial charge in [0.05, 0.1) is 0 Å². The van der Waals surface area contributed by atoms with Gasteiger partial charge in [0, 0.05) is 5.56 Å². The second-order valence-corrected chi connectivity index (χ2v) is 4.15. The number of primary amides is 1. The van der Waals surface area contributed by atoms with Crippen LogP contribution in [0.3, 0.4) is 0 Å². The van der Waals surface area contributed by atoms with E-state index in [9.17, 15) is 4.79 Å². The maximum absolute atomic E-state index is 11.4. The van der Waals surface area contributed by atoms with Crippen LogP contribution in [-0.4, -0.2) is 5.91 Å². The van der Waals surface area contributed by atoms with E-state index in [1.54, 1.807) is 12.1 Å². The minimum absolute atomic E-state index is 0.419. The number of carbonyl (C=O) groups is 1. The van der Waals surface area contributed by atoms with E-state index in [-0.39, 0.29) is 0 Å². The van der Waals surface area contributed by atoms with Gasteiger partial charge in [0.2, 0.25) is 5.91 Å². The van der Waals surface area contributed by atoms with Crippen LogP contribution < -0.4 is 5.73 Å². The molecule has 2 rings (SSSR count). The van der Waals surface area contributed by atoms with Gasteiger partial charge in [-0.05, 0) is 42.7 Å². The van der Waals surface area contributed by atoms with Crippen LogP contribution in [0.15, 0.2) is 36.4 Å². The first-order valence-corrected chi connectivity index (χ1v) is 5.47. The van der Waals surface area contributed by atoms with Gasteiger partial charge in [0.1, 0.15) is 0 Å². The van der Waals surface area contributed by atoms with Gasteiger partial charge in [-0.3, -0.25) is 4.79 Å². The van der Waals surface area contributed by atoms with Gasteiger partial charge in [-0.15, -0.1) is 0 Å². The van der Waals surface area contributed by atoms with Crippen LogP contribution in [0, 0.1) is 19.9 Å². The van der Waals surface area contributed by atoms with Crippen molar-refractivity contribution in [3.63, 3.8) is 0 Å². The Hall–Kier alpha value is -2.09. The Morgan fingerprint density at radius 1 is 1.18 bits per heavy atom. The highest BCUT2D eigenvalue weighted by atomic mass is 16.1. The van der Waals surface area contributed by atoms with Crippen LogP contribution in [0.2, 0.25) is 0 Å². The second-order valence-electron chi connectivity index (χ2n) is 4.15. The fraction of sp³-hybridized carbons (Fsp3) is 0.133. The van der Waals surface area contributed by atoms with Crippen LogP contribution >= 0.6 is 0 Å². The quantitative estimate of drug-likeness (QED) is 0.837. The number of nitrogens with two attached hydrogens (primary N) is 1. The van der Waals surface area contributed by atoms with E-state index in [2.05, 4.69) is 18.2 Å². The molecule has 0 spiro atoms. The molecule has 17 heavy (non-hydrogen) atoms. The number of hydrogen-bond donors (Lipinski definition) is 1. The molecule has 0 aromatic heterocycles. The number of amides is 1. The standard InChI is InChI=1S/C15H14NO/c1-10-7-8-11(2)14(9-10)12-5-3-4-6-13(12)15(16)17/h3,5-9H,1-2H3,(H2,16,17). The van der Waals surface area contributed by atoms with Crippen molar-refractivity contribution < 1.29 is 4.79 Å². The molecule has 2 N–H and O–H groups in total. The van der Waals surface area contributed by atoms with Gasteiger partial charge in [-0.1, -0.05) is 35.9 Å². The summed E-state index contributed by atoms with van der Waals surface area (Å²) >= 11 is 0. The lowest BCUT2D eigenvalue weighted by atomic mass is 9.94. The summed E-state index contributed by atoms with van der Waals surface area (Å²) in [5.74, 6) is -0.419. The van der Waals surface area contributed by atoms with Crippen LogP contribution in [0.1, 0.15) is 21.5 Å². The van der Waals surface area contributed by atoms with Crippen molar-refractivity contribution in [2.45, 2.75) is 13.8 Å². The Morgan fingerprint density at radius 3 is 2.65 bits per heavy atom. The first kappa shape index (κ1) is 11.4. The first-order chi connectivity index (χ1) is 8.09. The lowest BCUT2D eigenvalue weighted by molar-refractivity contribution is 0.100. The zero-order valence-electron chi connectivity index (χ0n) is 9.95. The fourth-order valence-corrected chi connectivity index (χ4v) is 1.90. The second kappa shape index (κ2) is 4.42. The first-order valence-electron chi connectivity index (χ1n) is 5.47. The summed E-state index contributed by atoms with van der Waals surface area (Å²) in [5, 5.41) is 0. The molecule has 85 valence electrons. The van der Waals surface area contributed by atoms with Crippen molar-refractivity contribution in [1.82, 2.24) is 0 Å². The molecule has 2 aromatic carbocycles. The Bertz CT molecular complexity index is 573. The van der Waals surface area contributed by atoms with E-state index in [1.807, 2.05) is 26.0 Å². The lowest BCUT2D eigenvalue weighted by Crippen LogP contribution is -2.12. The molecule has 1 radical (unpaired) electrons. The molecule has 0 aliphatic carbocycles. The highest BCUT2D eigenvalue weighted by Gasteiger charge is 2.10. The maximum Gasteiger partial charge on any atom is 0.249 e. The number of aryl methyl sites for hydroxylation is 2. The van der Waals surface area contributed by atoms with Crippen molar-refractivity contribution in [2.24, 2.45) is 5.73 Å². The third-order valence-electron chi connectivity index (χ3n) is 2.81. The SMILES string of the molecule is Cc1ccc(C)c(-c2cc[c]cc2C(N)=O)c1. The van der Waals surface area contributed by atoms with Crippen LogP contribution in [0.25, 0.3) is 11.1 Å². The molecule has 2 heteroatoms. The van der Waals surface area contributed by atoms with Crippen molar-refractivity contribution in [1.29, 1.82) is 0 Å². The van der Waals surface area contributed by atoms with E-state index >= 15 is 0 Å². The molecule has 0 aliphatic heterocycles. The number of rotatable bonds is 2. The minimum atomic E-state index is -0.419. The van der Waals surface area contributed by atoms with Gasteiger partial charge in [0.25, 0.3) is 0 Å². The van der Waals surface area contributed by atoms with Crippen molar-refractivity contribution >= 4 is 5.91 Å². The maximum atomic E-state index is 11.4. The number of hydrogen-bond acceptors (Lipinski definition) is 1. The molecule has 0 bridgehead atoms. The molecule has 0 fully saturated rings. The molecule has 0 atom stereocenters. The Kier molecular flexibility index (Phi) is 2.96. The summed E-state index contributed by atoms with van der Waals surface area (Å²) < 4.78 is 0. The van der Waals surface area contributed by atoms with Crippen LogP contribution in [0.4, 0.5) is 0 Å². The average molecular weight is 224 g/mol. The third kappa shape index (κ3) is 2.21. The normalized spacial score (nSPS) is 10.2. The zero-order valence-corrected chi connectivity index (χ0v) is 9.95. The molecule has 0 saturated heterocycles. The summed E-state index contributed by atoms with van der Waals surface area (Å²) in [4.78, 5) is 11.4. The van der Waals surface area contributed by atoms with E-state index < -0.39 is 5.91 Å². The summed E-state index contributed by atoms with van der Waals surface area (Å²) in [5.41, 5.74) is 10.1. The van der Waals surface area contributed by atoms with Gasteiger partial charge in [-0.2, -0.15) is 0 Å². The summed E-state index contributed by atoms with van der Waals surface area (Å²) in [6, 6.07) is 14.4. The molecule has 1 amide bonds. The molecule has 0 heterocycles. The predicted octanol–water partition coefficient (Wildman–Crippen LogP) is 2.87. The van der Waals surface area contributed by atoms with Crippen molar-refractivity contribution in [3.8, 4) is 11.1 Å². The monoisotopic (exact) mass is 224 g/mol. The number of benzene rings is 2. The topological polar surface area (TPSA) is 43.1 Å². The highest BCUT2D eigenvalue weighted by Crippen LogP contribution is 2.27. The molecule has 2 nitrogen and oxygen atoms in total. The zero-order chi connectivity index (χ0) is 12.4. The van der Waals surface area contributed by atoms with Crippen molar-refractivity contribution in [3.05, 3.63) is 59.2 Å². The van der Waals surface area contributed by atoms with Gasteiger partial charge in [-0.25, -0.2) is 0 Å². The molecular formula is C15H14NO. The van der Waals surface area contributed by atoms with Crippen molar-refractivity contribution in [2.75, 3.05) is 0 Å². The fourth-order valence-electron chi connectivity index (χ4n) is 1.90. The lowest BCUT2D eigenvalue weighted by Gasteiger charge is -2.10. The van der Waals surface area contributed by atoms with E-state index in [1.165, 1.54) is 0 Å². The molecule has 2 aromatic rings. The van der Waals surface area contributed by atoms with Gasteiger partial charge in [0.15, 0.2) is 0 Å². The van der Waals surface area contributed by atoms with Crippen LogP contribution in [-0.2, 0) is 0 Å². The third-order valence-corrected chi connectivity index (χ3v) is 2.81.